The molecule has 1 aliphatic rings. The van der Waals surface area contributed by atoms with E-state index in [4.69, 9.17) is 0 Å². The highest BCUT2D eigenvalue weighted by atomic mass is 16.3. The Kier molecular flexibility index (Phi) is 21.5. The molecule has 1 saturated carbocycles. The number of aliphatic hydroxyl groups is 4. The molecule has 1 rings (SSSR count). The van der Waals surface area contributed by atoms with Crippen LogP contribution < -0.4 is 0 Å². The van der Waals surface area contributed by atoms with Crippen molar-refractivity contribution in [3.05, 3.63) is 0 Å². The molecular formula is C35H60O9. The number of ketones is 5. The molecule has 0 saturated heterocycles. The average Bonchev–Trinajstić information content (AvgIpc) is 2.98. The molecule has 0 aromatic rings. The minimum Gasteiger partial charge on any atom is -0.396 e. The van der Waals surface area contributed by atoms with Gasteiger partial charge in [-0.05, 0) is 69.6 Å². The number of aliphatic hydroxyl groups excluding tert-OH is 4. The SMILES string of the molecule is CC1CC(=O)C(CCCCO)CC(C)C(CCCCO)CC(=O)C(CCCCO)CC(=O)C(CCCCO)CC(=O)CC1=O. The van der Waals surface area contributed by atoms with E-state index in [-0.39, 0.29) is 105 Å². The molecule has 6 atom stereocenters. The van der Waals surface area contributed by atoms with Crippen LogP contribution >= 0.6 is 0 Å². The molecule has 0 aliphatic heterocycles. The van der Waals surface area contributed by atoms with Crippen LogP contribution in [0.3, 0.4) is 0 Å². The molecule has 1 fully saturated rings. The van der Waals surface area contributed by atoms with Crippen molar-refractivity contribution < 1.29 is 44.4 Å². The number of hydrogen-bond donors (Lipinski definition) is 4. The van der Waals surface area contributed by atoms with Gasteiger partial charge in [-0.2, -0.15) is 0 Å². The summed E-state index contributed by atoms with van der Waals surface area (Å²) >= 11 is 0. The zero-order valence-electron chi connectivity index (χ0n) is 27.4. The Morgan fingerprint density at radius 3 is 1.45 bits per heavy atom. The standard InChI is InChI=1S/C35H60O9/c1-25-19-28(12-4-8-16-37)33(42)20-26(2)32(41)24-31(40)21-29(13-5-9-17-38)35(44)23-30(14-6-10-18-39)34(43)22-27(25)11-3-7-15-36/h25-30,36-39H,3-24H2,1-2H3. The summed E-state index contributed by atoms with van der Waals surface area (Å²) in [5.41, 5.74) is 0. The number of Topliss-reactive ketones (excluding diaryl/α,β-unsaturated/α-hetero) is 5. The van der Waals surface area contributed by atoms with E-state index in [1.807, 2.05) is 6.92 Å². The predicted molar refractivity (Wildman–Crippen MR) is 169 cm³/mol. The molecule has 0 heterocycles. The van der Waals surface area contributed by atoms with E-state index in [9.17, 15) is 44.4 Å². The maximum Gasteiger partial charge on any atom is 0.143 e. The first-order valence-electron chi connectivity index (χ1n) is 17.1. The largest absolute Gasteiger partial charge is 0.396 e. The molecule has 6 unspecified atom stereocenters. The molecule has 0 spiro atoms. The van der Waals surface area contributed by atoms with Crippen LogP contribution in [-0.4, -0.2) is 75.8 Å². The molecule has 254 valence electrons. The Morgan fingerprint density at radius 2 is 0.932 bits per heavy atom. The number of unbranched alkanes of at least 4 members (excludes halogenated alkanes) is 4. The third-order valence-electron chi connectivity index (χ3n) is 9.51. The van der Waals surface area contributed by atoms with E-state index in [1.165, 1.54) is 0 Å². The van der Waals surface area contributed by atoms with Crippen molar-refractivity contribution in [2.75, 3.05) is 26.4 Å². The van der Waals surface area contributed by atoms with Crippen molar-refractivity contribution in [1.82, 2.24) is 0 Å². The highest BCUT2D eigenvalue weighted by Crippen LogP contribution is 2.34. The van der Waals surface area contributed by atoms with E-state index < -0.39 is 17.8 Å². The van der Waals surface area contributed by atoms with E-state index in [1.54, 1.807) is 6.92 Å². The maximum absolute atomic E-state index is 13.9. The summed E-state index contributed by atoms with van der Waals surface area (Å²) in [6, 6.07) is 0. The summed E-state index contributed by atoms with van der Waals surface area (Å²) in [6.45, 7) is 3.77. The first-order valence-corrected chi connectivity index (χ1v) is 17.1. The first-order chi connectivity index (χ1) is 21.1. The zero-order valence-corrected chi connectivity index (χ0v) is 27.4. The van der Waals surface area contributed by atoms with E-state index >= 15 is 0 Å². The summed E-state index contributed by atoms with van der Waals surface area (Å²) in [6.07, 6.45) is 7.25. The van der Waals surface area contributed by atoms with Crippen LogP contribution in [0, 0.1) is 35.5 Å². The Balaban J connectivity index is 3.44. The third kappa shape index (κ3) is 16.0. The Hall–Kier alpha value is -1.81. The fraction of sp³-hybridized carbons (Fsp3) is 0.857. The molecule has 9 heteroatoms. The summed E-state index contributed by atoms with van der Waals surface area (Å²) in [7, 11) is 0. The fourth-order valence-corrected chi connectivity index (χ4v) is 6.55. The van der Waals surface area contributed by atoms with E-state index in [0.717, 1.165) is 6.42 Å². The van der Waals surface area contributed by atoms with Gasteiger partial charge in [0, 0.05) is 75.8 Å². The van der Waals surface area contributed by atoms with Gasteiger partial charge in [-0.15, -0.1) is 0 Å². The monoisotopic (exact) mass is 624 g/mol. The lowest BCUT2D eigenvalue weighted by Crippen LogP contribution is -2.28. The van der Waals surface area contributed by atoms with Crippen LogP contribution in [0.5, 0.6) is 0 Å². The highest BCUT2D eigenvalue weighted by molar-refractivity contribution is 6.02. The van der Waals surface area contributed by atoms with Crippen molar-refractivity contribution in [3.8, 4) is 0 Å². The van der Waals surface area contributed by atoms with E-state index in [0.29, 0.717) is 77.0 Å². The molecule has 1 aliphatic carbocycles. The highest BCUT2D eigenvalue weighted by Gasteiger charge is 2.33. The Bertz CT molecular complexity index is 870. The summed E-state index contributed by atoms with van der Waals surface area (Å²) in [4.78, 5) is 67.0. The smallest absolute Gasteiger partial charge is 0.143 e. The van der Waals surface area contributed by atoms with Crippen molar-refractivity contribution in [3.63, 3.8) is 0 Å². The second kappa shape index (κ2) is 23.5. The summed E-state index contributed by atoms with van der Waals surface area (Å²) < 4.78 is 0. The van der Waals surface area contributed by atoms with Gasteiger partial charge in [0.05, 0.1) is 6.42 Å². The molecular weight excluding hydrogens is 564 g/mol. The molecule has 0 radical (unpaired) electrons. The molecule has 9 nitrogen and oxygen atoms in total. The van der Waals surface area contributed by atoms with Crippen LogP contribution in [-0.2, 0) is 24.0 Å². The lowest BCUT2D eigenvalue weighted by Gasteiger charge is -2.29. The van der Waals surface area contributed by atoms with Gasteiger partial charge in [-0.3, -0.25) is 24.0 Å². The number of rotatable bonds is 16. The Morgan fingerprint density at radius 1 is 0.500 bits per heavy atom. The van der Waals surface area contributed by atoms with Gasteiger partial charge in [0.2, 0.25) is 0 Å². The molecule has 0 aromatic heterocycles. The molecule has 0 aromatic carbocycles. The topological polar surface area (TPSA) is 166 Å². The number of carbonyl (C=O) groups is 5. The van der Waals surface area contributed by atoms with Crippen molar-refractivity contribution in [1.29, 1.82) is 0 Å². The minimum absolute atomic E-state index is 0.00371. The van der Waals surface area contributed by atoms with Gasteiger partial charge in [0.1, 0.15) is 28.9 Å². The van der Waals surface area contributed by atoms with Gasteiger partial charge >= 0.3 is 0 Å². The Labute approximate surface area is 264 Å². The van der Waals surface area contributed by atoms with Gasteiger partial charge in [0.15, 0.2) is 0 Å². The van der Waals surface area contributed by atoms with Crippen molar-refractivity contribution in [2.24, 2.45) is 35.5 Å². The number of hydrogen-bond acceptors (Lipinski definition) is 9. The second-order valence-electron chi connectivity index (χ2n) is 13.2. The van der Waals surface area contributed by atoms with Crippen LogP contribution in [0.2, 0.25) is 0 Å². The first kappa shape index (κ1) is 40.2. The number of carbonyl (C=O) groups excluding carboxylic acids is 5. The normalized spacial score (nSPS) is 27.1. The van der Waals surface area contributed by atoms with Crippen molar-refractivity contribution >= 4 is 28.9 Å². The average molecular weight is 625 g/mol. The second-order valence-corrected chi connectivity index (χ2v) is 13.2. The van der Waals surface area contributed by atoms with Gasteiger partial charge in [-0.1, -0.05) is 39.5 Å². The van der Waals surface area contributed by atoms with Crippen LogP contribution in [0.15, 0.2) is 0 Å². The molecule has 4 N–H and O–H groups in total. The third-order valence-corrected chi connectivity index (χ3v) is 9.51. The lowest BCUT2D eigenvalue weighted by atomic mass is 9.75. The lowest BCUT2D eigenvalue weighted by molar-refractivity contribution is -0.135. The van der Waals surface area contributed by atoms with E-state index in [2.05, 4.69) is 0 Å². The van der Waals surface area contributed by atoms with Gasteiger partial charge in [-0.25, -0.2) is 0 Å². The van der Waals surface area contributed by atoms with Crippen LogP contribution in [0.4, 0.5) is 0 Å². The molecule has 44 heavy (non-hydrogen) atoms. The predicted octanol–water partition coefficient (Wildman–Crippen LogP) is 4.57. The van der Waals surface area contributed by atoms with Crippen LogP contribution in [0.25, 0.3) is 0 Å². The molecule has 0 bridgehead atoms. The van der Waals surface area contributed by atoms with Gasteiger partial charge < -0.3 is 20.4 Å². The zero-order chi connectivity index (χ0) is 32.9. The van der Waals surface area contributed by atoms with Crippen molar-refractivity contribution in [2.45, 2.75) is 129 Å². The minimum atomic E-state index is -0.641. The fourth-order valence-electron chi connectivity index (χ4n) is 6.55. The summed E-state index contributed by atoms with van der Waals surface area (Å²) in [5.74, 6) is -3.07. The maximum atomic E-state index is 13.9. The van der Waals surface area contributed by atoms with Crippen LogP contribution in [0.1, 0.15) is 129 Å². The quantitative estimate of drug-likeness (QED) is 0.142. The van der Waals surface area contributed by atoms with Gasteiger partial charge in [0.25, 0.3) is 0 Å². The molecule has 0 amide bonds. The summed E-state index contributed by atoms with van der Waals surface area (Å²) in [5, 5.41) is 37.3.